The van der Waals surface area contributed by atoms with E-state index in [0.29, 0.717) is 0 Å². The molecule has 0 aliphatic carbocycles. The second-order valence-electron chi connectivity index (χ2n) is 12.8. The zero-order chi connectivity index (χ0) is 32.3. The molecule has 1 aliphatic rings. The van der Waals surface area contributed by atoms with Crippen molar-refractivity contribution >= 4 is 59.8 Å². The number of pyridine rings is 1. The second-order valence-corrected chi connectivity index (χ2v) is 12.8. The number of nitrogens with zero attached hydrogens (tertiary/aromatic N) is 2. The molecule has 10 rings (SSSR count). The van der Waals surface area contributed by atoms with Gasteiger partial charge in [-0.3, -0.25) is 4.98 Å². The summed E-state index contributed by atoms with van der Waals surface area (Å²) in [6, 6.07) is 53.1. The maximum atomic E-state index is 4.68. The van der Waals surface area contributed by atoms with Crippen molar-refractivity contribution in [3.05, 3.63) is 176 Å². The highest BCUT2D eigenvalue weighted by molar-refractivity contribution is 6.20. The smallest absolute Gasteiger partial charge is 0.0708 e. The lowest BCUT2D eigenvalue weighted by Crippen LogP contribution is -2.14. The van der Waals surface area contributed by atoms with Crippen LogP contribution in [0.3, 0.4) is 0 Å². The van der Waals surface area contributed by atoms with Gasteiger partial charge in [-0.25, -0.2) is 0 Å². The SMILES string of the molecule is C1=CCNC(c2ccc3c(ccc4c5ccc(-c6ccc(-c7ccccn7)c7ccccc67)cc5n(-c5cccc6ccccc56)c34)c2)=C1. The van der Waals surface area contributed by atoms with Gasteiger partial charge in [-0.05, 0) is 74.6 Å². The summed E-state index contributed by atoms with van der Waals surface area (Å²) in [5.74, 6) is 0. The Kier molecular flexibility index (Phi) is 6.25. The van der Waals surface area contributed by atoms with Crippen LogP contribution in [0.4, 0.5) is 0 Å². The summed E-state index contributed by atoms with van der Waals surface area (Å²) in [5, 5.41) is 13.4. The monoisotopic (exact) mass is 625 g/mol. The molecule has 7 aromatic carbocycles. The molecule has 0 spiro atoms. The number of rotatable bonds is 4. The Morgan fingerprint density at radius 2 is 1.29 bits per heavy atom. The van der Waals surface area contributed by atoms with E-state index in [1.807, 2.05) is 12.3 Å². The van der Waals surface area contributed by atoms with Crippen LogP contribution in [0.15, 0.2) is 170 Å². The Bertz CT molecular complexity index is 2810. The number of allylic oxidation sites excluding steroid dienone is 2. The molecule has 0 unspecified atom stereocenters. The number of dihydropyridines is 1. The summed E-state index contributed by atoms with van der Waals surface area (Å²) in [6.45, 7) is 0.849. The van der Waals surface area contributed by atoms with E-state index in [4.69, 9.17) is 0 Å². The number of hydrogen-bond acceptors (Lipinski definition) is 2. The largest absolute Gasteiger partial charge is 0.381 e. The molecule has 0 atom stereocenters. The molecule has 230 valence electrons. The maximum Gasteiger partial charge on any atom is 0.0708 e. The van der Waals surface area contributed by atoms with Crippen LogP contribution in [0.1, 0.15) is 5.56 Å². The maximum absolute atomic E-state index is 4.68. The van der Waals surface area contributed by atoms with Gasteiger partial charge in [0.15, 0.2) is 0 Å². The molecule has 3 heteroatoms. The van der Waals surface area contributed by atoms with Gasteiger partial charge in [-0.15, -0.1) is 0 Å². The van der Waals surface area contributed by atoms with E-state index in [9.17, 15) is 0 Å². The zero-order valence-electron chi connectivity index (χ0n) is 26.8. The Balaban J connectivity index is 1.27. The average molecular weight is 626 g/mol. The average Bonchev–Trinajstić information content (AvgIpc) is 3.51. The molecular weight excluding hydrogens is 595 g/mol. The van der Waals surface area contributed by atoms with E-state index in [2.05, 4.69) is 173 Å². The Morgan fingerprint density at radius 1 is 0.531 bits per heavy atom. The minimum Gasteiger partial charge on any atom is -0.381 e. The molecule has 3 nitrogen and oxygen atoms in total. The second kappa shape index (κ2) is 11.1. The fraction of sp³-hybridized carbons (Fsp3) is 0.0217. The van der Waals surface area contributed by atoms with E-state index in [-0.39, 0.29) is 0 Å². The normalized spacial score (nSPS) is 13.0. The first kappa shape index (κ1) is 27.6. The number of benzene rings is 7. The van der Waals surface area contributed by atoms with Gasteiger partial charge in [0.05, 0.1) is 22.4 Å². The van der Waals surface area contributed by atoms with Gasteiger partial charge in [0, 0.05) is 45.5 Å². The Morgan fingerprint density at radius 3 is 2.14 bits per heavy atom. The van der Waals surface area contributed by atoms with Gasteiger partial charge in [0.2, 0.25) is 0 Å². The molecule has 0 saturated heterocycles. The van der Waals surface area contributed by atoms with Gasteiger partial charge < -0.3 is 9.88 Å². The summed E-state index contributed by atoms with van der Waals surface area (Å²) in [6.07, 6.45) is 8.29. The number of fused-ring (bicyclic) bond motifs is 7. The van der Waals surface area contributed by atoms with Crippen molar-refractivity contribution in [1.29, 1.82) is 0 Å². The fourth-order valence-electron chi connectivity index (χ4n) is 7.78. The van der Waals surface area contributed by atoms with E-state index in [1.54, 1.807) is 0 Å². The van der Waals surface area contributed by atoms with Crippen molar-refractivity contribution in [1.82, 2.24) is 14.9 Å². The number of hydrogen-bond donors (Lipinski definition) is 1. The van der Waals surface area contributed by atoms with Crippen molar-refractivity contribution in [2.75, 3.05) is 6.54 Å². The quantitative estimate of drug-likeness (QED) is 0.211. The summed E-state index contributed by atoms with van der Waals surface area (Å²) in [4.78, 5) is 4.68. The summed E-state index contributed by atoms with van der Waals surface area (Å²) < 4.78 is 2.50. The third-order valence-corrected chi connectivity index (χ3v) is 10.0. The third kappa shape index (κ3) is 4.40. The van der Waals surface area contributed by atoms with Crippen molar-refractivity contribution in [2.24, 2.45) is 0 Å². The first-order chi connectivity index (χ1) is 24.3. The van der Waals surface area contributed by atoms with Crippen LogP contribution < -0.4 is 5.32 Å². The zero-order valence-corrected chi connectivity index (χ0v) is 26.8. The lowest BCUT2D eigenvalue weighted by atomic mass is 9.93. The Labute approximate surface area is 284 Å². The topological polar surface area (TPSA) is 29.9 Å². The van der Waals surface area contributed by atoms with Crippen LogP contribution in [-0.4, -0.2) is 16.1 Å². The molecule has 0 radical (unpaired) electrons. The number of nitrogens with one attached hydrogen (secondary N) is 1. The molecule has 3 heterocycles. The van der Waals surface area contributed by atoms with Gasteiger partial charge in [0.25, 0.3) is 0 Å². The molecule has 1 aliphatic heterocycles. The van der Waals surface area contributed by atoms with Gasteiger partial charge in [0.1, 0.15) is 0 Å². The van der Waals surface area contributed by atoms with Crippen LogP contribution in [0, 0.1) is 0 Å². The van der Waals surface area contributed by atoms with E-state index in [0.717, 1.165) is 23.5 Å². The highest BCUT2D eigenvalue weighted by Crippen LogP contribution is 2.42. The van der Waals surface area contributed by atoms with Crippen molar-refractivity contribution in [2.45, 2.75) is 0 Å². The van der Waals surface area contributed by atoms with Crippen molar-refractivity contribution < 1.29 is 0 Å². The Hall–Kier alpha value is -6.45. The van der Waals surface area contributed by atoms with Crippen molar-refractivity contribution in [3.8, 4) is 28.1 Å². The van der Waals surface area contributed by atoms with Crippen LogP contribution in [0.25, 0.3) is 87.9 Å². The molecule has 0 bridgehead atoms. The molecule has 9 aromatic rings. The predicted molar refractivity (Wildman–Crippen MR) is 207 cm³/mol. The third-order valence-electron chi connectivity index (χ3n) is 10.0. The lowest BCUT2D eigenvalue weighted by molar-refractivity contribution is 0.996. The highest BCUT2D eigenvalue weighted by atomic mass is 15.0. The van der Waals surface area contributed by atoms with Crippen LogP contribution in [0.2, 0.25) is 0 Å². The summed E-state index contributed by atoms with van der Waals surface area (Å²) in [7, 11) is 0. The minimum atomic E-state index is 0.849. The minimum absolute atomic E-state index is 0.849. The number of aromatic nitrogens is 2. The van der Waals surface area contributed by atoms with E-state index >= 15 is 0 Å². The van der Waals surface area contributed by atoms with Crippen molar-refractivity contribution in [3.63, 3.8) is 0 Å². The van der Waals surface area contributed by atoms with Gasteiger partial charge >= 0.3 is 0 Å². The van der Waals surface area contributed by atoms with E-state index in [1.165, 1.54) is 76.5 Å². The first-order valence-corrected chi connectivity index (χ1v) is 16.9. The predicted octanol–water partition coefficient (Wildman–Crippen LogP) is 11.5. The molecule has 2 aromatic heterocycles. The molecular formula is C46H31N3. The van der Waals surface area contributed by atoms with E-state index < -0.39 is 0 Å². The fourth-order valence-corrected chi connectivity index (χ4v) is 7.78. The highest BCUT2D eigenvalue weighted by Gasteiger charge is 2.19. The molecule has 0 fully saturated rings. The summed E-state index contributed by atoms with van der Waals surface area (Å²) in [5.41, 5.74) is 10.5. The standard InChI is InChI=1S/C46H31N3/c1-2-12-35-30(10-1)11-9-17-44(35)49-45-29-32(34-24-25-39(43-16-6-8-27-48-43)38-14-4-3-13-37(34)38)18-22-40(45)41-23-19-31-28-33(20-21-36(31)46(41)49)42-15-5-7-26-47-42/h1-25,27-29,47H,26H2. The van der Waals surface area contributed by atoms with Gasteiger partial charge in [-0.1, -0.05) is 127 Å². The molecule has 49 heavy (non-hydrogen) atoms. The molecule has 1 N–H and O–H groups in total. The molecule has 0 saturated carbocycles. The first-order valence-electron chi connectivity index (χ1n) is 16.9. The van der Waals surface area contributed by atoms with Crippen LogP contribution in [0.5, 0.6) is 0 Å². The van der Waals surface area contributed by atoms with Crippen LogP contribution >= 0.6 is 0 Å². The van der Waals surface area contributed by atoms with Gasteiger partial charge in [-0.2, -0.15) is 0 Å². The lowest BCUT2D eigenvalue weighted by Gasteiger charge is -2.15. The van der Waals surface area contributed by atoms with Crippen LogP contribution in [-0.2, 0) is 0 Å². The molecule has 0 amide bonds. The summed E-state index contributed by atoms with van der Waals surface area (Å²) >= 11 is 0.